The summed E-state index contributed by atoms with van der Waals surface area (Å²) in [7, 11) is 0. The van der Waals surface area contributed by atoms with Gasteiger partial charge in [-0.3, -0.25) is 0 Å². The molecule has 2 heteroatoms. The normalized spacial score (nSPS) is 15.9. The molecule has 0 spiro atoms. The molecule has 0 aliphatic rings. The van der Waals surface area contributed by atoms with Gasteiger partial charge in [0.05, 0.1) is 35.6 Å². The monoisotopic (exact) mass is 1150 g/mol. The molecule has 0 aliphatic carbocycles. The number of fused-ring (bicyclic) bond motifs is 10. The van der Waals surface area contributed by atoms with Crippen LogP contribution in [0, 0.1) is 0 Å². The van der Waals surface area contributed by atoms with Gasteiger partial charge in [-0.2, -0.15) is 0 Å². The maximum Gasteiger partial charge on any atom is 0.143 e. The Hall–Kier alpha value is -11.1. The molecule has 0 bridgehead atoms. The van der Waals surface area contributed by atoms with E-state index in [0.717, 1.165) is 49.7 Å². The first-order chi connectivity index (χ1) is 54.1. The molecule has 0 radical (unpaired) electrons. The zero-order valence-electron chi connectivity index (χ0n) is 73.3. The molecule has 0 saturated carbocycles. The van der Waals surface area contributed by atoms with E-state index in [0.29, 0.717) is 44.2 Å². The summed E-state index contributed by atoms with van der Waals surface area (Å²) in [6, 6.07) is 31.4. The van der Waals surface area contributed by atoms with Crippen LogP contribution in [0.2, 0.25) is 0 Å². The zero-order chi connectivity index (χ0) is 81.5. The zero-order valence-corrected chi connectivity index (χ0v) is 47.3. The van der Waals surface area contributed by atoms with Gasteiger partial charge in [-0.25, -0.2) is 0 Å². The van der Waals surface area contributed by atoms with Gasteiger partial charge in [0.2, 0.25) is 0 Å². The van der Waals surface area contributed by atoms with Crippen LogP contribution >= 0.6 is 0 Å². The van der Waals surface area contributed by atoms with Crippen molar-refractivity contribution in [2.75, 3.05) is 0 Å². The molecule has 0 unspecified atom stereocenters. The number of rotatable bonds is 7. The van der Waals surface area contributed by atoms with E-state index in [-0.39, 0.29) is 70.8 Å². The summed E-state index contributed by atoms with van der Waals surface area (Å²) in [5.74, 6) is 0. The molecule has 0 fully saturated rings. The minimum absolute atomic E-state index is 0.0584. The summed E-state index contributed by atoms with van der Waals surface area (Å²) in [6.45, 7) is 6.42. The lowest BCUT2D eigenvalue weighted by Gasteiger charge is -2.19. The highest BCUT2D eigenvalue weighted by molar-refractivity contribution is 6.24. The van der Waals surface area contributed by atoms with Crippen molar-refractivity contribution in [2.24, 2.45) is 0 Å². The molecule has 416 valence electrons. The first kappa shape index (κ1) is 31.9. The van der Waals surface area contributed by atoms with E-state index in [4.69, 9.17) is 33.5 Å². The van der Waals surface area contributed by atoms with E-state index in [1.807, 2.05) is 97.1 Å². The lowest BCUT2D eigenvalue weighted by Crippen LogP contribution is -2.10. The molecule has 0 saturated heterocycles. The Balaban J connectivity index is 0.000000172. The maximum absolute atomic E-state index is 9.26. The van der Waals surface area contributed by atoms with Crippen molar-refractivity contribution in [1.82, 2.24) is 0 Å². The van der Waals surface area contributed by atoms with Crippen LogP contribution in [-0.2, 0) is 5.41 Å². The standard InChI is InChI=1S/C44H28O.C42H32O/c1-3-13-29(14-4-1)31-17-11-18-32(27-31)34-23-12-24-39-40-28-33(25-26-41(40)45-44(34)39)43-37-21-9-7-19-35(37)42(30-15-5-2-6-16-30)36-20-8-10-22-38(36)43;1-42(2,3)30-16-11-15-28(25-30)31-21-12-22-36-37-26-29(23-24-38(37)43-41(31)36)40-34-19-9-7-17-32(34)39(27-13-5-4-6-14-27)33-18-8-10-20-35(33)40/h1-28H;4-26H,1-3H3/i2D,5D,6D,7D,8D,9D,10D,15D,16D,19D,20D,21D,22D;4D,5D,6D,7D,8D,9D,10D,13D,14D,17D,18D,19D,20D. The number of para-hydroxylation sites is 2. The molecular weight excluding hydrogens is 1060 g/mol. The molecule has 17 rings (SSSR count). The fourth-order valence-electron chi connectivity index (χ4n) is 12.1. The maximum atomic E-state index is 9.26. The first-order valence-corrected chi connectivity index (χ1v) is 28.3. The van der Waals surface area contributed by atoms with Crippen molar-refractivity contribution >= 4 is 87.0 Å². The van der Waals surface area contributed by atoms with Gasteiger partial charge in [0.25, 0.3) is 0 Å². The van der Waals surface area contributed by atoms with Crippen molar-refractivity contribution in [3.05, 3.63) is 314 Å². The molecule has 0 amide bonds. The lowest BCUT2D eigenvalue weighted by atomic mass is 9.85. The van der Waals surface area contributed by atoms with Crippen LogP contribution in [0.5, 0.6) is 0 Å². The Kier molecular flexibility index (Phi) is 7.78. The fourth-order valence-corrected chi connectivity index (χ4v) is 12.1. The molecular formula is C86H60O2. The summed E-state index contributed by atoms with van der Waals surface area (Å²) in [5, 5.41) is 1.18. The average Bonchev–Trinajstić information content (AvgIpc) is 1.01. The second-order valence-electron chi connectivity index (χ2n) is 22.3. The molecule has 15 aromatic carbocycles. The van der Waals surface area contributed by atoms with Crippen molar-refractivity contribution in [3.8, 4) is 77.9 Å². The number of benzene rings is 15. The lowest BCUT2D eigenvalue weighted by molar-refractivity contribution is 0.590. The van der Waals surface area contributed by atoms with Gasteiger partial charge in [-0.05, 0) is 151 Å². The van der Waals surface area contributed by atoms with Crippen molar-refractivity contribution in [1.29, 1.82) is 0 Å². The number of furan rings is 2. The Morgan fingerprint density at radius 1 is 0.250 bits per heavy atom. The first-order valence-electron chi connectivity index (χ1n) is 41.3. The molecule has 2 heterocycles. The quantitative estimate of drug-likeness (QED) is 0.149. The molecule has 0 atom stereocenters. The van der Waals surface area contributed by atoms with Crippen LogP contribution in [0.4, 0.5) is 0 Å². The number of hydrogen-bond donors (Lipinski definition) is 0. The van der Waals surface area contributed by atoms with Crippen molar-refractivity contribution in [3.63, 3.8) is 0 Å². The topological polar surface area (TPSA) is 26.3 Å². The third-order valence-corrected chi connectivity index (χ3v) is 16.1. The second kappa shape index (κ2) is 21.5. The summed E-state index contributed by atoms with van der Waals surface area (Å²) in [5.41, 5.74) is 8.16. The smallest absolute Gasteiger partial charge is 0.143 e. The summed E-state index contributed by atoms with van der Waals surface area (Å²) >= 11 is 0. The molecule has 88 heavy (non-hydrogen) atoms. The molecule has 0 aliphatic heterocycles. The average molecular weight is 1150 g/mol. The highest BCUT2D eigenvalue weighted by Gasteiger charge is 2.22. The molecule has 0 N–H and O–H groups in total. The van der Waals surface area contributed by atoms with Crippen LogP contribution in [0.15, 0.2) is 318 Å². The van der Waals surface area contributed by atoms with Gasteiger partial charge in [-0.15, -0.1) is 0 Å². The minimum Gasteiger partial charge on any atom is -0.455 e. The van der Waals surface area contributed by atoms with Crippen LogP contribution < -0.4 is 0 Å². The van der Waals surface area contributed by atoms with Gasteiger partial charge < -0.3 is 8.83 Å². The Labute approximate surface area is 548 Å². The van der Waals surface area contributed by atoms with Gasteiger partial charge in [0, 0.05) is 32.7 Å². The van der Waals surface area contributed by atoms with Crippen LogP contribution in [-0.4, -0.2) is 0 Å². The van der Waals surface area contributed by atoms with E-state index in [9.17, 15) is 11.0 Å². The highest BCUT2D eigenvalue weighted by Crippen LogP contribution is 2.48. The van der Waals surface area contributed by atoms with E-state index in [2.05, 4.69) is 39.0 Å². The SMILES string of the molecule is [2H]c1c([2H])c([2H])c(-c2c3c([2H])c([2H])c([2H])c([2H])c3c(-c3ccc4oc5c(-c6cccc(-c7ccccc7)c6)cccc5c4c3)c3c([2H])c([2H])c([2H])c([2H])c23)c([2H])c1[2H].[2H]c1c([2H])c([2H])c(-c2c3c([2H])c([2H])c([2H])c([2H])c3c(-c3ccc4oc5c(-c6cccc(C(C)(C)C)c6)cccc5c4c3)c3c([2H])c([2H])c([2H])c([2H])c23)c([2H])c1[2H]. The highest BCUT2D eigenvalue weighted by atomic mass is 16.3. The predicted octanol–water partition coefficient (Wildman–Crippen LogP) is 24.8. The predicted molar refractivity (Wildman–Crippen MR) is 374 cm³/mol. The van der Waals surface area contributed by atoms with Gasteiger partial charge in [0.15, 0.2) is 0 Å². The van der Waals surface area contributed by atoms with Crippen LogP contribution in [0.25, 0.3) is 165 Å². The molecule has 2 nitrogen and oxygen atoms in total. The van der Waals surface area contributed by atoms with E-state index < -0.39 is 168 Å². The summed E-state index contributed by atoms with van der Waals surface area (Å²) < 4.78 is 242. The van der Waals surface area contributed by atoms with E-state index in [1.165, 1.54) is 0 Å². The Morgan fingerprint density at radius 3 is 1.02 bits per heavy atom. The summed E-state index contributed by atoms with van der Waals surface area (Å²) in [6.07, 6.45) is 0. The van der Waals surface area contributed by atoms with Gasteiger partial charge in [0.1, 0.15) is 22.3 Å². The number of hydrogen-bond acceptors (Lipinski definition) is 2. The van der Waals surface area contributed by atoms with Crippen LogP contribution in [0.3, 0.4) is 0 Å². The Bertz CT molecular complexity index is 6940. The second-order valence-corrected chi connectivity index (χ2v) is 22.3. The molecule has 2 aromatic heterocycles. The van der Waals surface area contributed by atoms with Crippen molar-refractivity contribution < 1.29 is 44.5 Å². The minimum atomic E-state index is -0.716. The van der Waals surface area contributed by atoms with E-state index >= 15 is 0 Å². The largest absolute Gasteiger partial charge is 0.455 e. The fraction of sp³-hybridized carbons (Fsp3) is 0.0465. The summed E-state index contributed by atoms with van der Waals surface area (Å²) in [4.78, 5) is 0. The van der Waals surface area contributed by atoms with Crippen molar-refractivity contribution in [2.45, 2.75) is 26.2 Å². The third-order valence-electron chi connectivity index (χ3n) is 16.1. The third kappa shape index (κ3) is 9.04. The van der Waals surface area contributed by atoms with Gasteiger partial charge >= 0.3 is 0 Å². The van der Waals surface area contributed by atoms with Gasteiger partial charge in [-0.1, -0.05) is 299 Å². The molecule has 17 aromatic rings. The van der Waals surface area contributed by atoms with E-state index in [1.54, 1.807) is 36.4 Å². The Morgan fingerprint density at radius 2 is 0.602 bits per heavy atom. The van der Waals surface area contributed by atoms with Crippen LogP contribution in [0.1, 0.15) is 62.0 Å².